The summed E-state index contributed by atoms with van der Waals surface area (Å²) >= 11 is 0.905. The molecule has 0 saturated carbocycles. The van der Waals surface area contributed by atoms with Crippen molar-refractivity contribution in [2.24, 2.45) is 0 Å². The number of nitrogens with zero attached hydrogens (tertiary/aromatic N) is 1. The van der Waals surface area contributed by atoms with Gasteiger partial charge in [0.05, 0.1) is 5.69 Å². The second-order valence-corrected chi connectivity index (χ2v) is 6.05. The zero-order valence-corrected chi connectivity index (χ0v) is 11.7. The van der Waals surface area contributed by atoms with Gasteiger partial charge >= 0.3 is 6.18 Å². The fraction of sp³-hybridized carbons (Fsp3) is 0.385. The molecule has 1 heterocycles. The molecule has 0 aliphatic carbocycles. The summed E-state index contributed by atoms with van der Waals surface area (Å²) < 4.78 is 52.4. The maximum atomic E-state index is 13.5. The molecule has 0 N–H and O–H groups in total. The summed E-state index contributed by atoms with van der Waals surface area (Å²) in [7, 11) is 0. The molecule has 0 aromatic heterocycles. The molecule has 2 rings (SSSR count). The van der Waals surface area contributed by atoms with E-state index in [4.69, 9.17) is 0 Å². The van der Waals surface area contributed by atoms with Crippen LogP contribution in [-0.4, -0.2) is 22.8 Å². The summed E-state index contributed by atoms with van der Waals surface area (Å²) in [6.45, 7) is 1.27. The van der Waals surface area contributed by atoms with Crippen LogP contribution < -0.4 is 4.90 Å². The van der Waals surface area contributed by atoms with Crippen LogP contribution in [0.3, 0.4) is 0 Å². The molecule has 1 unspecified atom stereocenters. The van der Waals surface area contributed by atoms with Gasteiger partial charge in [0.25, 0.3) is 0 Å². The number of hydrogen-bond acceptors (Lipinski definition) is 3. The quantitative estimate of drug-likeness (QED) is 0.785. The number of halogens is 4. The molecule has 1 saturated heterocycles. The third-order valence-electron chi connectivity index (χ3n) is 2.99. The SMILES string of the molecule is CC(=O)SC1CC(=O)N(c2cccc(F)c2C(F)(F)F)C1. The van der Waals surface area contributed by atoms with Crippen LogP contribution in [0.2, 0.25) is 0 Å². The number of carbonyl (C=O) groups excluding carboxylic acids is 2. The summed E-state index contributed by atoms with van der Waals surface area (Å²) in [5.41, 5.74) is -1.95. The van der Waals surface area contributed by atoms with Crippen LogP contribution in [0.25, 0.3) is 0 Å². The van der Waals surface area contributed by atoms with E-state index in [1.54, 1.807) is 0 Å². The Morgan fingerprint density at radius 3 is 2.62 bits per heavy atom. The highest BCUT2D eigenvalue weighted by Crippen LogP contribution is 2.40. The number of benzene rings is 1. The molecule has 1 aromatic carbocycles. The van der Waals surface area contributed by atoms with Crippen molar-refractivity contribution >= 4 is 28.5 Å². The fourth-order valence-electron chi connectivity index (χ4n) is 2.24. The van der Waals surface area contributed by atoms with Gasteiger partial charge in [0.1, 0.15) is 11.4 Å². The molecule has 1 aromatic rings. The van der Waals surface area contributed by atoms with Crippen LogP contribution in [0, 0.1) is 5.82 Å². The van der Waals surface area contributed by atoms with Gasteiger partial charge in [-0.2, -0.15) is 13.2 Å². The number of rotatable bonds is 2. The van der Waals surface area contributed by atoms with Gasteiger partial charge in [-0.15, -0.1) is 0 Å². The zero-order valence-electron chi connectivity index (χ0n) is 10.9. The van der Waals surface area contributed by atoms with Crippen molar-refractivity contribution in [3.05, 3.63) is 29.6 Å². The Balaban J connectivity index is 2.37. The van der Waals surface area contributed by atoms with Crippen molar-refractivity contribution in [3.8, 4) is 0 Å². The predicted octanol–water partition coefficient (Wildman–Crippen LogP) is 3.23. The van der Waals surface area contributed by atoms with Gasteiger partial charge in [-0.25, -0.2) is 4.39 Å². The summed E-state index contributed by atoms with van der Waals surface area (Å²) in [6, 6.07) is 2.89. The molecule has 1 atom stereocenters. The molecule has 21 heavy (non-hydrogen) atoms. The highest BCUT2D eigenvalue weighted by Gasteiger charge is 2.41. The topological polar surface area (TPSA) is 37.4 Å². The average molecular weight is 321 g/mol. The summed E-state index contributed by atoms with van der Waals surface area (Å²) in [4.78, 5) is 23.8. The minimum atomic E-state index is -4.90. The lowest BCUT2D eigenvalue weighted by atomic mass is 10.1. The zero-order chi connectivity index (χ0) is 15.8. The molecule has 114 valence electrons. The summed E-state index contributed by atoms with van der Waals surface area (Å²) in [6.07, 6.45) is -4.94. The predicted molar refractivity (Wildman–Crippen MR) is 70.4 cm³/mol. The van der Waals surface area contributed by atoms with Crippen molar-refractivity contribution in [2.75, 3.05) is 11.4 Å². The first-order valence-electron chi connectivity index (χ1n) is 6.03. The van der Waals surface area contributed by atoms with E-state index < -0.39 is 34.4 Å². The first-order chi connectivity index (χ1) is 9.70. The minimum Gasteiger partial charge on any atom is -0.311 e. The lowest BCUT2D eigenvalue weighted by Gasteiger charge is -2.21. The fourth-order valence-corrected chi connectivity index (χ4v) is 3.16. The summed E-state index contributed by atoms with van der Waals surface area (Å²) in [5.74, 6) is -1.97. The van der Waals surface area contributed by atoms with Crippen LogP contribution in [-0.2, 0) is 15.8 Å². The number of amides is 1. The smallest absolute Gasteiger partial charge is 0.311 e. The van der Waals surface area contributed by atoms with E-state index >= 15 is 0 Å². The van der Waals surface area contributed by atoms with Crippen molar-refractivity contribution < 1.29 is 27.2 Å². The molecule has 8 heteroatoms. The molecule has 0 radical (unpaired) electrons. The van der Waals surface area contributed by atoms with Gasteiger partial charge < -0.3 is 4.90 Å². The van der Waals surface area contributed by atoms with Crippen LogP contribution in [0.4, 0.5) is 23.2 Å². The molecule has 1 amide bonds. The highest BCUT2D eigenvalue weighted by molar-refractivity contribution is 8.14. The van der Waals surface area contributed by atoms with Crippen molar-refractivity contribution in [2.45, 2.75) is 24.8 Å². The van der Waals surface area contributed by atoms with Crippen LogP contribution in [0.15, 0.2) is 18.2 Å². The highest BCUT2D eigenvalue weighted by atomic mass is 32.2. The van der Waals surface area contributed by atoms with Crippen molar-refractivity contribution in [1.82, 2.24) is 0 Å². The van der Waals surface area contributed by atoms with Crippen molar-refractivity contribution in [1.29, 1.82) is 0 Å². The first-order valence-corrected chi connectivity index (χ1v) is 6.91. The van der Waals surface area contributed by atoms with Crippen molar-refractivity contribution in [3.63, 3.8) is 0 Å². The number of carbonyl (C=O) groups is 2. The maximum absolute atomic E-state index is 13.5. The number of alkyl halides is 3. The van der Waals surface area contributed by atoms with E-state index in [2.05, 4.69) is 0 Å². The number of thioether (sulfide) groups is 1. The molecule has 1 aliphatic heterocycles. The van der Waals surface area contributed by atoms with E-state index in [0.717, 1.165) is 28.8 Å². The van der Waals surface area contributed by atoms with E-state index in [1.165, 1.54) is 6.92 Å². The third kappa shape index (κ3) is 3.37. The second-order valence-electron chi connectivity index (χ2n) is 4.57. The van der Waals surface area contributed by atoms with E-state index in [-0.39, 0.29) is 18.1 Å². The lowest BCUT2D eigenvalue weighted by molar-refractivity contribution is -0.139. The van der Waals surface area contributed by atoms with E-state index in [0.29, 0.717) is 6.07 Å². The van der Waals surface area contributed by atoms with Crippen LogP contribution in [0.1, 0.15) is 18.9 Å². The minimum absolute atomic E-state index is 0.0436. The Bertz CT molecular complexity index is 588. The monoisotopic (exact) mass is 321 g/mol. The molecular formula is C13H11F4NO2S. The molecule has 0 bridgehead atoms. The summed E-state index contributed by atoms with van der Waals surface area (Å²) in [5, 5.41) is -0.635. The van der Waals surface area contributed by atoms with Gasteiger partial charge in [0, 0.05) is 25.1 Å². The Morgan fingerprint density at radius 1 is 1.38 bits per heavy atom. The second kappa shape index (κ2) is 5.67. The molecule has 0 spiro atoms. The largest absolute Gasteiger partial charge is 0.421 e. The van der Waals surface area contributed by atoms with Gasteiger partial charge in [0.15, 0.2) is 5.12 Å². The van der Waals surface area contributed by atoms with Gasteiger partial charge in [-0.1, -0.05) is 17.8 Å². The van der Waals surface area contributed by atoms with E-state index in [1.807, 2.05) is 0 Å². The molecule has 3 nitrogen and oxygen atoms in total. The Hall–Kier alpha value is -1.57. The molecule has 1 aliphatic rings. The molecular weight excluding hydrogens is 310 g/mol. The standard InChI is InChI=1S/C13H11F4NO2S/c1-7(19)21-8-5-11(20)18(6-8)10-4-2-3-9(14)12(10)13(15,16)17/h2-4,8H,5-6H2,1H3. The normalized spacial score (nSPS) is 19.2. The van der Waals surface area contributed by atoms with Crippen LogP contribution in [0.5, 0.6) is 0 Å². The third-order valence-corrected chi connectivity index (χ3v) is 3.97. The first kappa shape index (κ1) is 15.8. The Labute approximate surface area is 122 Å². The number of hydrogen-bond donors (Lipinski definition) is 0. The van der Waals surface area contributed by atoms with Gasteiger partial charge in [-0.05, 0) is 12.1 Å². The van der Waals surface area contributed by atoms with Gasteiger partial charge in [-0.3, -0.25) is 9.59 Å². The van der Waals surface area contributed by atoms with Crippen LogP contribution >= 0.6 is 11.8 Å². The number of anilines is 1. The maximum Gasteiger partial charge on any atom is 0.421 e. The lowest BCUT2D eigenvalue weighted by Crippen LogP contribution is -2.28. The Morgan fingerprint density at radius 2 is 2.05 bits per heavy atom. The molecule has 1 fully saturated rings. The average Bonchev–Trinajstić information content (AvgIpc) is 2.67. The van der Waals surface area contributed by atoms with E-state index in [9.17, 15) is 27.2 Å². The van der Waals surface area contributed by atoms with Gasteiger partial charge in [0.2, 0.25) is 5.91 Å². The Kier molecular flexibility index (Phi) is 4.27.